The molecule has 0 bridgehead atoms. The summed E-state index contributed by atoms with van der Waals surface area (Å²) in [7, 11) is 3.27. The lowest BCUT2D eigenvalue weighted by atomic mass is 9.82. The van der Waals surface area contributed by atoms with Gasteiger partial charge in [-0.2, -0.15) is 0 Å². The Morgan fingerprint density at radius 2 is 1.68 bits per heavy atom. The molecule has 1 aliphatic rings. The Balaban J connectivity index is 1.39. The number of aromatic nitrogens is 4. The summed E-state index contributed by atoms with van der Waals surface area (Å²) < 4.78 is 25.6. The molecule has 0 amide bonds. The van der Waals surface area contributed by atoms with Gasteiger partial charge < -0.3 is 18.9 Å². The van der Waals surface area contributed by atoms with Crippen molar-refractivity contribution in [2.45, 2.75) is 26.4 Å². The monoisotopic (exact) mass is 544 g/mol. The molecule has 0 saturated carbocycles. The van der Waals surface area contributed by atoms with E-state index in [0.29, 0.717) is 28.9 Å². The molecule has 0 N–H and O–H groups in total. The van der Waals surface area contributed by atoms with Gasteiger partial charge in [-0.3, -0.25) is 0 Å². The number of hydrogen-bond donors (Lipinski definition) is 0. The highest BCUT2D eigenvalue weighted by molar-refractivity contribution is 5.91. The molecule has 8 heteroatoms. The van der Waals surface area contributed by atoms with Crippen molar-refractivity contribution in [1.82, 2.24) is 19.6 Å². The molecule has 7 rings (SSSR count). The highest BCUT2D eigenvalue weighted by Crippen LogP contribution is 2.51. The van der Waals surface area contributed by atoms with Crippen molar-refractivity contribution >= 4 is 16.4 Å². The third-order valence-corrected chi connectivity index (χ3v) is 7.63. The van der Waals surface area contributed by atoms with Crippen LogP contribution < -0.4 is 18.9 Å². The van der Waals surface area contributed by atoms with Crippen LogP contribution in [0.25, 0.3) is 16.4 Å². The smallest absolute Gasteiger partial charge is 0.228 e. The quantitative estimate of drug-likeness (QED) is 0.228. The largest absolute Gasteiger partial charge is 0.493 e. The van der Waals surface area contributed by atoms with Crippen LogP contribution in [0.2, 0.25) is 0 Å². The Labute approximate surface area is 237 Å². The fourth-order valence-corrected chi connectivity index (χ4v) is 5.69. The molecule has 41 heavy (non-hydrogen) atoms. The zero-order valence-corrected chi connectivity index (χ0v) is 23.2. The summed E-state index contributed by atoms with van der Waals surface area (Å²) in [5.41, 5.74) is 5.63. The van der Waals surface area contributed by atoms with Gasteiger partial charge in [0.05, 0.1) is 19.8 Å². The first-order valence-electron chi connectivity index (χ1n) is 13.4. The molecule has 1 atom stereocenters. The molecule has 204 valence electrons. The summed E-state index contributed by atoms with van der Waals surface area (Å²) in [5.74, 6) is 3.74. The van der Waals surface area contributed by atoms with Crippen molar-refractivity contribution in [1.29, 1.82) is 0 Å². The minimum atomic E-state index is -0.244. The van der Waals surface area contributed by atoms with E-state index in [2.05, 4.69) is 24.3 Å². The van der Waals surface area contributed by atoms with Gasteiger partial charge in [-0.05, 0) is 48.1 Å². The second-order valence-electron chi connectivity index (χ2n) is 10.1. The molecular weight excluding hydrogens is 516 g/mol. The van der Waals surface area contributed by atoms with Crippen LogP contribution in [0.15, 0.2) is 79.1 Å². The second-order valence-corrected chi connectivity index (χ2v) is 10.1. The average Bonchev–Trinajstić information content (AvgIpc) is 3.42. The highest BCUT2D eigenvalue weighted by atomic mass is 16.5. The summed E-state index contributed by atoms with van der Waals surface area (Å²) in [6.45, 7) is 4.29. The van der Waals surface area contributed by atoms with E-state index < -0.39 is 0 Å². The number of nitrogens with zero attached hydrogens (tertiary/aromatic N) is 4. The van der Waals surface area contributed by atoms with Crippen LogP contribution in [0.5, 0.6) is 28.9 Å². The number of aryl methyl sites for hydroxylation is 2. The van der Waals surface area contributed by atoms with E-state index >= 15 is 0 Å². The van der Waals surface area contributed by atoms with E-state index in [-0.39, 0.29) is 12.5 Å². The van der Waals surface area contributed by atoms with Crippen molar-refractivity contribution in [2.75, 3.05) is 14.2 Å². The number of rotatable bonds is 6. The van der Waals surface area contributed by atoms with Gasteiger partial charge in [0.15, 0.2) is 23.0 Å². The summed E-state index contributed by atoms with van der Waals surface area (Å²) in [4.78, 5) is 9.65. The van der Waals surface area contributed by atoms with Crippen LogP contribution in [-0.4, -0.2) is 33.8 Å². The zero-order chi connectivity index (χ0) is 28.1. The third kappa shape index (κ3) is 4.10. The van der Waals surface area contributed by atoms with Gasteiger partial charge in [-0.15, -0.1) is 5.10 Å². The van der Waals surface area contributed by atoms with E-state index in [1.54, 1.807) is 25.1 Å². The first-order valence-corrected chi connectivity index (χ1v) is 13.4. The molecule has 0 unspecified atom stereocenters. The van der Waals surface area contributed by atoms with E-state index in [1.807, 2.05) is 62.4 Å². The van der Waals surface area contributed by atoms with Crippen LogP contribution in [0, 0.1) is 13.8 Å². The predicted molar refractivity (Wildman–Crippen MR) is 156 cm³/mol. The fraction of sp³-hybridized carbons (Fsp3) is 0.182. The Morgan fingerprint density at radius 1 is 0.878 bits per heavy atom. The number of para-hydroxylation sites is 1. The Kier molecular flexibility index (Phi) is 5.96. The number of fused-ring (bicyclic) bond motifs is 6. The van der Waals surface area contributed by atoms with Gasteiger partial charge in [-0.1, -0.05) is 60.7 Å². The molecule has 4 aromatic carbocycles. The standard InChI is InChI=1S/C33H28N4O4/c1-19-8-7-9-20(2)30(19)40-17-27-35-32-29-28(22-13-15-25(38-3)26(16-22)39-4)24-14-12-21-10-5-6-11-23(21)31(24)41-33(29)34-18-37(32)36-27/h5-16,18,28H,17H2,1-4H3/t28-/m1/s1. The Morgan fingerprint density at radius 3 is 2.49 bits per heavy atom. The van der Waals surface area contributed by atoms with Gasteiger partial charge in [0.2, 0.25) is 5.88 Å². The lowest BCUT2D eigenvalue weighted by molar-refractivity contribution is 0.292. The lowest BCUT2D eigenvalue weighted by Gasteiger charge is -2.29. The number of hydrogen-bond acceptors (Lipinski definition) is 7. The van der Waals surface area contributed by atoms with Gasteiger partial charge in [0.25, 0.3) is 0 Å². The second kappa shape index (κ2) is 9.82. The van der Waals surface area contributed by atoms with Crippen LogP contribution in [0.3, 0.4) is 0 Å². The predicted octanol–water partition coefficient (Wildman–Crippen LogP) is 6.78. The molecule has 0 aliphatic carbocycles. The van der Waals surface area contributed by atoms with Gasteiger partial charge in [-0.25, -0.2) is 14.5 Å². The minimum Gasteiger partial charge on any atom is -0.493 e. The molecule has 1 aliphatic heterocycles. The SMILES string of the molecule is COc1ccc([C@@H]2c3ccc4ccccc4c3Oc3ncn4nc(COc5c(C)cccc5C)nc4c32)cc1OC. The maximum Gasteiger partial charge on any atom is 0.228 e. The number of benzene rings is 4. The molecular formula is C33H28N4O4. The van der Waals surface area contributed by atoms with Crippen molar-refractivity contribution < 1.29 is 18.9 Å². The summed E-state index contributed by atoms with van der Waals surface area (Å²) in [5, 5.41) is 6.82. The molecule has 6 aromatic rings. The van der Waals surface area contributed by atoms with Crippen LogP contribution in [-0.2, 0) is 6.61 Å². The zero-order valence-electron chi connectivity index (χ0n) is 23.2. The van der Waals surface area contributed by atoms with Gasteiger partial charge in [0.1, 0.15) is 24.4 Å². The van der Waals surface area contributed by atoms with Crippen LogP contribution in [0.1, 0.15) is 39.6 Å². The summed E-state index contributed by atoms with van der Waals surface area (Å²) >= 11 is 0. The fourth-order valence-electron chi connectivity index (χ4n) is 5.69. The van der Waals surface area contributed by atoms with E-state index in [1.165, 1.54) is 0 Å². The molecule has 3 heterocycles. The van der Waals surface area contributed by atoms with Crippen molar-refractivity contribution in [2.24, 2.45) is 0 Å². The molecule has 0 fully saturated rings. The molecule has 0 saturated heterocycles. The maximum atomic E-state index is 6.54. The van der Waals surface area contributed by atoms with Crippen LogP contribution in [0.4, 0.5) is 0 Å². The van der Waals surface area contributed by atoms with Gasteiger partial charge in [0, 0.05) is 16.9 Å². The summed E-state index contributed by atoms with van der Waals surface area (Å²) in [6.07, 6.45) is 1.64. The number of ether oxygens (including phenoxy) is 4. The Hall–Kier alpha value is -5.11. The molecule has 2 aromatic heterocycles. The Bertz CT molecular complexity index is 1930. The molecule has 0 radical (unpaired) electrons. The normalized spacial score (nSPS) is 13.9. The molecule has 8 nitrogen and oxygen atoms in total. The van der Waals surface area contributed by atoms with E-state index in [0.717, 1.165) is 50.1 Å². The highest BCUT2D eigenvalue weighted by Gasteiger charge is 2.35. The van der Waals surface area contributed by atoms with Crippen molar-refractivity contribution in [3.05, 3.63) is 113 Å². The first-order chi connectivity index (χ1) is 20.1. The molecule has 0 spiro atoms. The maximum absolute atomic E-state index is 6.54. The summed E-state index contributed by atoms with van der Waals surface area (Å²) in [6, 6.07) is 24.5. The average molecular weight is 545 g/mol. The van der Waals surface area contributed by atoms with Gasteiger partial charge >= 0.3 is 0 Å². The van der Waals surface area contributed by atoms with Crippen molar-refractivity contribution in [3.63, 3.8) is 0 Å². The minimum absolute atomic E-state index is 0.227. The van der Waals surface area contributed by atoms with E-state index in [4.69, 9.17) is 34.0 Å². The topological polar surface area (TPSA) is 80.0 Å². The lowest BCUT2D eigenvalue weighted by Crippen LogP contribution is -2.15. The first kappa shape index (κ1) is 24.9. The van der Waals surface area contributed by atoms with E-state index in [9.17, 15) is 0 Å². The van der Waals surface area contributed by atoms with Crippen LogP contribution >= 0.6 is 0 Å². The number of methoxy groups -OCH3 is 2. The van der Waals surface area contributed by atoms with Crippen molar-refractivity contribution in [3.8, 4) is 28.9 Å². The third-order valence-electron chi connectivity index (χ3n) is 7.63.